The number of alkyl halides is 1. The third-order valence-electron chi connectivity index (χ3n) is 1.30. The Hall–Kier alpha value is -0.0500. The smallest absolute Gasteiger partial charge is 0.306 e. The van der Waals surface area contributed by atoms with E-state index in [-0.39, 0.29) is 5.92 Å². The second kappa shape index (κ2) is 4.79. The lowest BCUT2D eigenvalue weighted by Crippen LogP contribution is -2.12. The summed E-state index contributed by atoms with van der Waals surface area (Å²) in [4.78, 5) is 10.3. The number of carboxylic acid groups (broad SMARTS) is 1. The lowest BCUT2D eigenvalue weighted by molar-refractivity contribution is -0.141. The Labute approximate surface area is 63.4 Å². The molecule has 0 bridgehead atoms. The maximum Gasteiger partial charge on any atom is 0.306 e. The minimum absolute atomic E-state index is 0.163. The molecule has 0 aliphatic carbocycles. The van der Waals surface area contributed by atoms with E-state index in [1.54, 1.807) is 0 Å². The van der Waals surface area contributed by atoms with E-state index in [0.717, 1.165) is 18.2 Å². The molecule has 2 nitrogen and oxygen atoms in total. The first-order valence-electron chi connectivity index (χ1n) is 3.01. The maximum atomic E-state index is 10.3. The third-order valence-corrected chi connectivity index (χ3v) is 1.76. The summed E-state index contributed by atoms with van der Waals surface area (Å²) in [6.45, 7) is 1.89. The number of rotatable bonds is 4. The summed E-state index contributed by atoms with van der Waals surface area (Å²) in [5, 5.41) is 9.26. The molecule has 0 aromatic heterocycles. The molecule has 0 spiro atoms. The molecule has 0 rings (SSSR count). The fraction of sp³-hybridized carbons (Fsp3) is 0.833. The lowest BCUT2D eigenvalue weighted by atomic mass is 10.0. The van der Waals surface area contributed by atoms with Gasteiger partial charge >= 0.3 is 5.97 Å². The molecule has 0 radical (unpaired) electrons. The van der Waals surface area contributed by atoms with E-state index in [1.807, 2.05) is 6.92 Å². The molecule has 0 amide bonds. The van der Waals surface area contributed by atoms with Crippen LogP contribution in [0.15, 0.2) is 0 Å². The Bertz CT molecular complexity index is 93.1. The van der Waals surface area contributed by atoms with Gasteiger partial charge in [-0.3, -0.25) is 4.79 Å². The Morgan fingerprint density at radius 2 is 2.33 bits per heavy atom. The average molecular weight is 195 g/mol. The molecule has 0 heterocycles. The van der Waals surface area contributed by atoms with Crippen LogP contribution in [0.3, 0.4) is 0 Å². The van der Waals surface area contributed by atoms with Crippen molar-refractivity contribution in [3.63, 3.8) is 0 Å². The Kier molecular flexibility index (Phi) is 4.77. The molecule has 0 saturated carbocycles. The van der Waals surface area contributed by atoms with Gasteiger partial charge in [0.2, 0.25) is 0 Å². The molecule has 1 atom stereocenters. The van der Waals surface area contributed by atoms with Crippen molar-refractivity contribution in [2.45, 2.75) is 19.8 Å². The second-order valence-electron chi connectivity index (χ2n) is 1.92. The van der Waals surface area contributed by atoms with Gasteiger partial charge in [-0.2, -0.15) is 0 Å². The van der Waals surface area contributed by atoms with Crippen molar-refractivity contribution >= 4 is 21.9 Å². The summed E-state index contributed by atoms with van der Waals surface area (Å²) in [5.41, 5.74) is 0. The predicted molar refractivity (Wildman–Crippen MR) is 39.8 cm³/mol. The van der Waals surface area contributed by atoms with Gasteiger partial charge in [0, 0.05) is 5.33 Å². The number of halogens is 1. The number of hydrogen-bond acceptors (Lipinski definition) is 1. The normalized spacial score (nSPS) is 13.1. The zero-order valence-corrected chi connectivity index (χ0v) is 7.02. The standard InChI is InChI=1S/C6H11BrO2/c1-2-5(3-4-7)6(8)9/h5H,2-4H2,1H3,(H,8,9). The fourth-order valence-electron chi connectivity index (χ4n) is 0.634. The number of carbonyl (C=O) groups is 1. The van der Waals surface area contributed by atoms with Gasteiger partial charge in [-0.25, -0.2) is 0 Å². The van der Waals surface area contributed by atoms with Crippen LogP contribution in [0, 0.1) is 5.92 Å². The second-order valence-corrected chi connectivity index (χ2v) is 2.71. The summed E-state index contributed by atoms with van der Waals surface area (Å²) < 4.78 is 0. The van der Waals surface area contributed by atoms with Crippen LogP contribution in [0.4, 0.5) is 0 Å². The highest BCUT2D eigenvalue weighted by Gasteiger charge is 2.12. The van der Waals surface area contributed by atoms with Crippen LogP contribution in [-0.2, 0) is 4.79 Å². The van der Waals surface area contributed by atoms with Crippen LogP contribution in [0.5, 0.6) is 0 Å². The van der Waals surface area contributed by atoms with Crippen molar-refractivity contribution in [3.8, 4) is 0 Å². The van der Waals surface area contributed by atoms with Crippen molar-refractivity contribution in [2.24, 2.45) is 5.92 Å². The monoisotopic (exact) mass is 194 g/mol. The minimum atomic E-state index is -0.683. The first-order chi connectivity index (χ1) is 4.22. The van der Waals surface area contributed by atoms with Crippen molar-refractivity contribution in [1.82, 2.24) is 0 Å². The molecule has 0 aliphatic rings. The van der Waals surface area contributed by atoms with E-state index in [0.29, 0.717) is 0 Å². The number of carboxylic acids is 1. The van der Waals surface area contributed by atoms with E-state index < -0.39 is 5.97 Å². The van der Waals surface area contributed by atoms with Crippen molar-refractivity contribution in [1.29, 1.82) is 0 Å². The van der Waals surface area contributed by atoms with E-state index in [1.165, 1.54) is 0 Å². The van der Waals surface area contributed by atoms with Crippen molar-refractivity contribution < 1.29 is 9.90 Å². The molecule has 3 heteroatoms. The predicted octanol–water partition coefficient (Wildman–Crippen LogP) is 1.88. The maximum absolute atomic E-state index is 10.3. The first-order valence-corrected chi connectivity index (χ1v) is 4.13. The molecule has 0 aliphatic heterocycles. The van der Waals surface area contributed by atoms with Crippen LogP contribution in [0.2, 0.25) is 0 Å². The lowest BCUT2D eigenvalue weighted by Gasteiger charge is -2.04. The van der Waals surface area contributed by atoms with Crippen LogP contribution >= 0.6 is 15.9 Å². The minimum Gasteiger partial charge on any atom is -0.481 e. The van der Waals surface area contributed by atoms with Gasteiger partial charge in [-0.05, 0) is 12.8 Å². The SMILES string of the molecule is CCC(CCBr)C(=O)O. The summed E-state index contributed by atoms with van der Waals surface area (Å²) in [5.74, 6) is -0.846. The largest absolute Gasteiger partial charge is 0.481 e. The Morgan fingerprint density at radius 1 is 1.78 bits per heavy atom. The highest BCUT2D eigenvalue weighted by molar-refractivity contribution is 9.09. The summed E-state index contributed by atoms with van der Waals surface area (Å²) in [6.07, 6.45) is 1.45. The molecule has 1 unspecified atom stereocenters. The number of hydrogen-bond donors (Lipinski definition) is 1. The van der Waals surface area contributed by atoms with E-state index in [2.05, 4.69) is 15.9 Å². The highest BCUT2D eigenvalue weighted by Crippen LogP contribution is 2.09. The molecule has 9 heavy (non-hydrogen) atoms. The third kappa shape index (κ3) is 3.51. The van der Waals surface area contributed by atoms with Crippen LogP contribution in [0.25, 0.3) is 0 Å². The molecule has 0 saturated heterocycles. The van der Waals surface area contributed by atoms with Gasteiger partial charge in [0.1, 0.15) is 0 Å². The molecule has 54 valence electrons. The van der Waals surface area contributed by atoms with Gasteiger partial charge in [-0.1, -0.05) is 22.9 Å². The quantitative estimate of drug-likeness (QED) is 0.695. The van der Waals surface area contributed by atoms with E-state index >= 15 is 0 Å². The molecule has 0 aromatic rings. The molecular formula is C6H11BrO2. The van der Waals surface area contributed by atoms with Gasteiger partial charge < -0.3 is 5.11 Å². The summed E-state index contributed by atoms with van der Waals surface area (Å²) in [7, 11) is 0. The molecular weight excluding hydrogens is 184 g/mol. The molecule has 1 N–H and O–H groups in total. The number of aliphatic carboxylic acids is 1. The fourth-order valence-corrected chi connectivity index (χ4v) is 1.19. The summed E-state index contributed by atoms with van der Waals surface area (Å²) >= 11 is 3.20. The van der Waals surface area contributed by atoms with Crippen LogP contribution < -0.4 is 0 Å². The van der Waals surface area contributed by atoms with Crippen LogP contribution in [-0.4, -0.2) is 16.4 Å². The van der Waals surface area contributed by atoms with Gasteiger partial charge in [-0.15, -0.1) is 0 Å². The van der Waals surface area contributed by atoms with E-state index in [9.17, 15) is 4.79 Å². The van der Waals surface area contributed by atoms with Gasteiger partial charge in [0.05, 0.1) is 5.92 Å². The van der Waals surface area contributed by atoms with Gasteiger partial charge in [0.15, 0.2) is 0 Å². The molecule has 0 fully saturated rings. The molecule has 0 aromatic carbocycles. The van der Waals surface area contributed by atoms with Crippen molar-refractivity contribution in [3.05, 3.63) is 0 Å². The van der Waals surface area contributed by atoms with Crippen molar-refractivity contribution in [2.75, 3.05) is 5.33 Å². The van der Waals surface area contributed by atoms with Gasteiger partial charge in [0.25, 0.3) is 0 Å². The van der Waals surface area contributed by atoms with Crippen LogP contribution in [0.1, 0.15) is 19.8 Å². The topological polar surface area (TPSA) is 37.3 Å². The zero-order chi connectivity index (χ0) is 7.28. The highest BCUT2D eigenvalue weighted by atomic mass is 79.9. The summed E-state index contributed by atoms with van der Waals surface area (Å²) in [6, 6.07) is 0. The average Bonchev–Trinajstić information content (AvgIpc) is 1.82. The zero-order valence-electron chi connectivity index (χ0n) is 5.43. The Morgan fingerprint density at radius 3 is 2.44 bits per heavy atom. The Balaban J connectivity index is 3.54. The van der Waals surface area contributed by atoms with E-state index in [4.69, 9.17) is 5.11 Å². The first kappa shape index (κ1) is 8.95.